The minimum absolute atomic E-state index is 0.290. The highest BCUT2D eigenvalue weighted by Crippen LogP contribution is 2.40. The highest BCUT2D eigenvalue weighted by Gasteiger charge is 2.48. The average molecular weight is 466 g/mol. The molecule has 1 spiro atoms. The summed E-state index contributed by atoms with van der Waals surface area (Å²) in [6.07, 6.45) is 5.01. The molecule has 0 radical (unpaired) electrons. The number of anilines is 3. The van der Waals surface area contributed by atoms with Crippen LogP contribution in [0.2, 0.25) is 0 Å². The topological polar surface area (TPSA) is 124 Å². The molecule has 3 aromatic rings. The molecule has 5 N–H and O–H groups in total. The number of nitrogens with two attached hydrogens (primary N) is 2. The van der Waals surface area contributed by atoms with Crippen LogP contribution in [0.5, 0.6) is 0 Å². The molecule has 1 saturated carbocycles. The van der Waals surface area contributed by atoms with Crippen molar-refractivity contribution in [2.75, 3.05) is 29.9 Å². The second kappa shape index (κ2) is 8.85. The van der Waals surface area contributed by atoms with Gasteiger partial charge in [0.2, 0.25) is 0 Å². The fraction of sp³-hybridized carbons (Fsp3) is 0.375. The summed E-state index contributed by atoms with van der Waals surface area (Å²) in [5, 5.41) is 11.6. The Morgan fingerprint density at radius 3 is 2.97 bits per heavy atom. The molecule has 1 aromatic heterocycles. The minimum atomic E-state index is -0.499. The Labute approximate surface area is 196 Å². The van der Waals surface area contributed by atoms with Crippen molar-refractivity contribution in [3.05, 3.63) is 60.2 Å². The van der Waals surface area contributed by atoms with Gasteiger partial charge in [-0.25, -0.2) is 13.9 Å². The molecule has 5 rings (SSSR count). The maximum atomic E-state index is 13.5. The van der Waals surface area contributed by atoms with E-state index >= 15 is 0 Å². The van der Waals surface area contributed by atoms with Gasteiger partial charge in [0, 0.05) is 12.2 Å². The number of hydrogen-bond donors (Lipinski definition) is 3. The monoisotopic (exact) mass is 465 g/mol. The fourth-order valence-electron chi connectivity index (χ4n) is 4.96. The number of nitrogens with zero attached hydrogens (tertiary/aromatic N) is 4. The van der Waals surface area contributed by atoms with Gasteiger partial charge in [-0.05, 0) is 68.0 Å². The number of amides is 1. The van der Waals surface area contributed by atoms with Gasteiger partial charge in [0.1, 0.15) is 17.1 Å². The van der Waals surface area contributed by atoms with E-state index in [1.165, 1.54) is 16.8 Å². The highest BCUT2D eigenvalue weighted by molar-refractivity contribution is 5.71. The fourth-order valence-corrected chi connectivity index (χ4v) is 4.96. The first kappa shape index (κ1) is 22.0. The number of aromatic nitrogens is 3. The van der Waals surface area contributed by atoms with E-state index in [9.17, 15) is 9.18 Å². The number of rotatable bonds is 6. The molecule has 9 nitrogen and oxygen atoms in total. The van der Waals surface area contributed by atoms with Crippen LogP contribution in [-0.4, -0.2) is 44.7 Å². The SMILES string of the molecule is Nc1ccc(N)c(NC[C@H]2CCC[C@]3(C2)CN(Cc2cn(-c4cccc(F)c4)nn2)C(=O)O3)c1. The van der Waals surface area contributed by atoms with Crippen LogP contribution in [0.15, 0.2) is 48.7 Å². The van der Waals surface area contributed by atoms with Crippen LogP contribution in [0.3, 0.4) is 0 Å². The van der Waals surface area contributed by atoms with Crippen LogP contribution in [-0.2, 0) is 11.3 Å². The van der Waals surface area contributed by atoms with Gasteiger partial charge in [-0.1, -0.05) is 11.3 Å². The molecule has 10 heteroatoms. The largest absolute Gasteiger partial charge is 0.441 e. The second-order valence-corrected chi connectivity index (χ2v) is 9.23. The predicted octanol–water partition coefficient (Wildman–Crippen LogP) is 3.56. The van der Waals surface area contributed by atoms with Crippen LogP contribution < -0.4 is 16.8 Å². The molecule has 1 saturated heterocycles. The lowest BCUT2D eigenvalue weighted by molar-refractivity contribution is 0.00916. The molecule has 1 amide bonds. The lowest BCUT2D eigenvalue weighted by Gasteiger charge is -2.36. The van der Waals surface area contributed by atoms with Gasteiger partial charge in [-0.2, -0.15) is 0 Å². The van der Waals surface area contributed by atoms with E-state index in [0.29, 0.717) is 41.8 Å². The summed E-state index contributed by atoms with van der Waals surface area (Å²) in [5.41, 5.74) is 14.8. The number of ether oxygens (including phenoxy) is 1. The first-order valence-electron chi connectivity index (χ1n) is 11.4. The summed E-state index contributed by atoms with van der Waals surface area (Å²) >= 11 is 0. The van der Waals surface area contributed by atoms with Gasteiger partial charge in [0.05, 0.1) is 36.3 Å². The molecular formula is C24H28FN7O2. The summed E-state index contributed by atoms with van der Waals surface area (Å²) in [5.74, 6) is -0.00411. The van der Waals surface area contributed by atoms with E-state index in [1.54, 1.807) is 35.4 Å². The summed E-state index contributed by atoms with van der Waals surface area (Å²) in [6, 6.07) is 11.5. The maximum Gasteiger partial charge on any atom is 0.410 e. The average Bonchev–Trinajstić information content (AvgIpc) is 3.39. The van der Waals surface area contributed by atoms with Crippen molar-refractivity contribution in [2.45, 2.75) is 37.8 Å². The van der Waals surface area contributed by atoms with Crippen LogP contribution in [0.1, 0.15) is 31.4 Å². The van der Waals surface area contributed by atoms with Gasteiger partial charge in [-0.15, -0.1) is 5.10 Å². The van der Waals surface area contributed by atoms with Crippen molar-refractivity contribution in [2.24, 2.45) is 5.92 Å². The zero-order valence-electron chi connectivity index (χ0n) is 18.8. The van der Waals surface area contributed by atoms with Crippen molar-refractivity contribution < 1.29 is 13.9 Å². The van der Waals surface area contributed by atoms with E-state index in [0.717, 1.165) is 37.9 Å². The summed E-state index contributed by atoms with van der Waals surface area (Å²) in [7, 11) is 0. The van der Waals surface area contributed by atoms with Gasteiger partial charge < -0.3 is 21.5 Å². The zero-order chi connectivity index (χ0) is 23.7. The molecule has 2 aromatic carbocycles. The van der Waals surface area contributed by atoms with E-state index in [1.807, 2.05) is 6.07 Å². The Bertz CT molecular complexity index is 1200. The van der Waals surface area contributed by atoms with Crippen molar-refractivity contribution in [3.8, 4) is 5.69 Å². The molecule has 1 aliphatic heterocycles. The van der Waals surface area contributed by atoms with Crippen LogP contribution in [0.4, 0.5) is 26.2 Å². The third-order valence-corrected chi connectivity index (χ3v) is 6.57. The Kier molecular flexibility index (Phi) is 5.72. The second-order valence-electron chi connectivity index (χ2n) is 9.23. The number of carbonyl (C=O) groups excluding carboxylic acids is 1. The summed E-state index contributed by atoms with van der Waals surface area (Å²) < 4.78 is 20.9. The van der Waals surface area contributed by atoms with E-state index in [4.69, 9.17) is 16.2 Å². The predicted molar refractivity (Wildman–Crippen MR) is 127 cm³/mol. The molecular weight excluding hydrogens is 437 g/mol. The standard InChI is InChI=1S/C24H28FN7O2/c25-17-4-1-5-20(9-17)32-14-19(29-30-32)13-31-15-24(34-23(31)33)8-2-3-16(11-24)12-28-22-10-18(26)6-7-21(22)27/h1,4-7,9-10,14,16,28H,2-3,8,11-13,15,26-27H2/t16-,24-/m0/s1. The Hall–Kier alpha value is -3.82. The first-order chi connectivity index (χ1) is 16.4. The molecule has 2 aliphatic rings. The van der Waals surface area contributed by atoms with Gasteiger partial charge in [0.25, 0.3) is 0 Å². The van der Waals surface area contributed by atoms with Crippen molar-refractivity contribution in [3.63, 3.8) is 0 Å². The third kappa shape index (κ3) is 4.61. The van der Waals surface area contributed by atoms with Gasteiger partial charge in [-0.3, -0.25) is 4.90 Å². The number of hydrogen-bond acceptors (Lipinski definition) is 7. The Morgan fingerprint density at radius 1 is 1.24 bits per heavy atom. The molecule has 178 valence electrons. The van der Waals surface area contributed by atoms with E-state index in [2.05, 4.69) is 15.6 Å². The molecule has 1 aliphatic carbocycles. The Morgan fingerprint density at radius 2 is 2.12 bits per heavy atom. The lowest BCUT2D eigenvalue weighted by Crippen LogP contribution is -2.41. The molecule has 0 bridgehead atoms. The lowest BCUT2D eigenvalue weighted by atomic mass is 9.78. The smallest absolute Gasteiger partial charge is 0.410 e. The molecule has 2 fully saturated rings. The highest BCUT2D eigenvalue weighted by atomic mass is 19.1. The van der Waals surface area contributed by atoms with E-state index in [-0.39, 0.29) is 11.9 Å². The van der Waals surface area contributed by atoms with Crippen LogP contribution >= 0.6 is 0 Å². The third-order valence-electron chi connectivity index (χ3n) is 6.57. The molecule has 0 unspecified atom stereocenters. The number of benzene rings is 2. The normalized spacial score (nSPS) is 22.2. The summed E-state index contributed by atoms with van der Waals surface area (Å²) in [6.45, 7) is 1.53. The van der Waals surface area contributed by atoms with E-state index < -0.39 is 5.60 Å². The van der Waals surface area contributed by atoms with Crippen LogP contribution in [0.25, 0.3) is 5.69 Å². The summed E-state index contributed by atoms with van der Waals surface area (Å²) in [4.78, 5) is 14.4. The van der Waals surface area contributed by atoms with Crippen LogP contribution in [0, 0.1) is 11.7 Å². The van der Waals surface area contributed by atoms with Crippen molar-refractivity contribution >= 4 is 23.2 Å². The number of halogens is 1. The molecule has 2 heterocycles. The molecule has 34 heavy (non-hydrogen) atoms. The van der Waals surface area contributed by atoms with Gasteiger partial charge >= 0.3 is 6.09 Å². The minimum Gasteiger partial charge on any atom is -0.441 e. The zero-order valence-corrected chi connectivity index (χ0v) is 18.8. The van der Waals surface area contributed by atoms with Crippen molar-refractivity contribution in [1.82, 2.24) is 19.9 Å². The number of carbonyl (C=O) groups is 1. The maximum absolute atomic E-state index is 13.5. The Balaban J connectivity index is 1.21. The number of nitrogen functional groups attached to an aromatic ring is 2. The van der Waals surface area contributed by atoms with Gasteiger partial charge in [0.15, 0.2) is 0 Å². The molecule has 2 atom stereocenters. The van der Waals surface area contributed by atoms with Crippen molar-refractivity contribution in [1.29, 1.82) is 0 Å². The number of nitrogens with one attached hydrogen (secondary N) is 1. The quantitative estimate of drug-likeness (QED) is 0.476. The first-order valence-corrected chi connectivity index (χ1v) is 11.4.